The summed E-state index contributed by atoms with van der Waals surface area (Å²) in [4.78, 5) is 0. The fraction of sp³-hybridized carbons (Fsp3) is 0.143. The van der Waals surface area contributed by atoms with Crippen molar-refractivity contribution in [1.29, 1.82) is 0 Å². The molecule has 0 unspecified atom stereocenters. The van der Waals surface area contributed by atoms with E-state index in [4.69, 9.17) is 9.26 Å². The van der Waals surface area contributed by atoms with Crippen LogP contribution in [0.4, 0.5) is 0 Å². The van der Waals surface area contributed by atoms with Gasteiger partial charge in [0.15, 0.2) is 5.76 Å². The van der Waals surface area contributed by atoms with Gasteiger partial charge in [-0.05, 0) is 38.1 Å². The van der Waals surface area contributed by atoms with Gasteiger partial charge in [-0.3, -0.25) is 0 Å². The van der Waals surface area contributed by atoms with E-state index >= 15 is 0 Å². The summed E-state index contributed by atoms with van der Waals surface area (Å²) in [6.45, 7) is 3.67. The second-order valence-electron chi connectivity index (χ2n) is 6.27. The molecule has 136 valence electrons. The number of para-hydroxylation sites is 1. The van der Waals surface area contributed by atoms with Gasteiger partial charge in [-0.15, -0.1) is 0 Å². The second-order valence-corrected chi connectivity index (χ2v) is 6.27. The zero-order chi connectivity index (χ0) is 19.0. The van der Waals surface area contributed by atoms with Crippen molar-refractivity contribution < 1.29 is 14.4 Å². The van der Waals surface area contributed by atoms with Crippen molar-refractivity contribution >= 4 is 0 Å². The number of rotatable bonds is 4. The van der Waals surface area contributed by atoms with Gasteiger partial charge in [0.05, 0.1) is 35.8 Å². The molecule has 0 aliphatic carbocycles. The molecule has 4 rings (SSSR count). The number of nitrogens with zero attached hydrogens (tertiary/aromatic N) is 3. The first-order valence-electron chi connectivity index (χ1n) is 8.54. The highest BCUT2D eigenvalue weighted by atomic mass is 16.5. The molecule has 0 saturated carbocycles. The van der Waals surface area contributed by atoms with Gasteiger partial charge >= 0.3 is 0 Å². The number of aryl methyl sites for hydroxylation is 1. The standard InChI is InChI=1S/C21H19N3O3/c1-13-18(26-3)10-9-17(20(13)25)21-19(14(2)23-27-21)15-11-22-24(12-15)16-7-5-4-6-8-16/h4-12,25H,1-3H3. The number of ether oxygens (including phenoxy) is 1. The highest BCUT2D eigenvalue weighted by molar-refractivity contribution is 5.84. The zero-order valence-corrected chi connectivity index (χ0v) is 15.3. The molecule has 6 nitrogen and oxygen atoms in total. The predicted octanol–water partition coefficient (Wildman–Crippen LogP) is 4.53. The molecule has 4 aromatic rings. The highest BCUT2D eigenvalue weighted by Gasteiger charge is 2.22. The van der Waals surface area contributed by atoms with Gasteiger partial charge in [0, 0.05) is 17.3 Å². The van der Waals surface area contributed by atoms with Gasteiger partial charge in [-0.2, -0.15) is 5.10 Å². The molecule has 0 fully saturated rings. The largest absolute Gasteiger partial charge is 0.507 e. The highest BCUT2D eigenvalue weighted by Crippen LogP contribution is 2.42. The average Bonchev–Trinajstić information content (AvgIpc) is 3.31. The maximum atomic E-state index is 10.6. The van der Waals surface area contributed by atoms with Gasteiger partial charge < -0.3 is 14.4 Å². The molecule has 0 bridgehead atoms. The van der Waals surface area contributed by atoms with Crippen molar-refractivity contribution in [2.75, 3.05) is 7.11 Å². The first-order chi connectivity index (χ1) is 13.1. The van der Waals surface area contributed by atoms with E-state index in [1.807, 2.05) is 43.5 Å². The van der Waals surface area contributed by atoms with Crippen LogP contribution in [0.15, 0.2) is 59.4 Å². The quantitative estimate of drug-likeness (QED) is 0.578. The fourth-order valence-corrected chi connectivity index (χ4v) is 3.15. The summed E-state index contributed by atoms with van der Waals surface area (Å²) in [5.74, 6) is 1.23. The van der Waals surface area contributed by atoms with Crippen molar-refractivity contribution in [3.05, 3.63) is 66.1 Å². The van der Waals surface area contributed by atoms with E-state index < -0.39 is 0 Å². The molecule has 0 spiro atoms. The summed E-state index contributed by atoms with van der Waals surface area (Å²) in [6, 6.07) is 13.4. The molecule has 0 aliphatic rings. The zero-order valence-electron chi connectivity index (χ0n) is 15.3. The van der Waals surface area contributed by atoms with E-state index in [1.54, 1.807) is 37.0 Å². The van der Waals surface area contributed by atoms with E-state index in [1.165, 1.54) is 0 Å². The number of aromatic nitrogens is 3. The lowest BCUT2D eigenvalue weighted by Gasteiger charge is -2.10. The number of phenols is 1. The number of methoxy groups -OCH3 is 1. The van der Waals surface area contributed by atoms with Crippen LogP contribution in [0.1, 0.15) is 11.3 Å². The van der Waals surface area contributed by atoms with Crippen molar-refractivity contribution in [2.45, 2.75) is 13.8 Å². The molecular weight excluding hydrogens is 342 g/mol. The number of hydrogen-bond acceptors (Lipinski definition) is 5. The summed E-state index contributed by atoms with van der Waals surface area (Å²) < 4.78 is 12.6. The molecule has 0 saturated heterocycles. The smallest absolute Gasteiger partial charge is 0.178 e. The molecule has 2 aromatic heterocycles. The predicted molar refractivity (Wildman–Crippen MR) is 102 cm³/mol. The third-order valence-electron chi connectivity index (χ3n) is 4.60. The minimum Gasteiger partial charge on any atom is -0.507 e. The normalized spacial score (nSPS) is 10.9. The van der Waals surface area contributed by atoms with Gasteiger partial charge in [0.2, 0.25) is 0 Å². The van der Waals surface area contributed by atoms with Crippen LogP contribution in [-0.4, -0.2) is 27.2 Å². The lowest BCUT2D eigenvalue weighted by atomic mass is 10.00. The average molecular weight is 361 g/mol. The Hall–Kier alpha value is -3.54. The topological polar surface area (TPSA) is 73.3 Å². The third-order valence-corrected chi connectivity index (χ3v) is 4.60. The van der Waals surface area contributed by atoms with Crippen molar-refractivity contribution in [1.82, 2.24) is 14.9 Å². The van der Waals surface area contributed by atoms with Crippen molar-refractivity contribution in [3.63, 3.8) is 0 Å². The lowest BCUT2D eigenvalue weighted by molar-refractivity contribution is 0.400. The molecule has 0 aliphatic heterocycles. The first kappa shape index (κ1) is 16.9. The Morgan fingerprint density at radius 2 is 1.85 bits per heavy atom. The molecule has 1 N–H and O–H groups in total. The van der Waals surface area contributed by atoms with Crippen LogP contribution in [0, 0.1) is 13.8 Å². The monoisotopic (exact) mass is 361 g/mol. The van der Waals surface area contributed by atoms with E-state index in [9.17, 15) is 5.11 Å². The Morgan fingerprint density at radius 1 is 1.07 bits per heavy atom. The molecule has 2 heterocycles. The fourth-order valence-electron chi connectivity index (χ4n) is 3.15. The molecule has 2 aromatic carbocycles. The molecular formula is C21H19N3O3. The van der Waals surface area contributed by atoms with Crippen LogP contribution in [0.5, 0.6) is 11.5 Å². The number of hydrogen-bond donors (Lipinski definition) is 1. The van der Waals surface area contributed by atoms with Crippen LogP contribution < -0.4 is 4.74 Å². The maximum Gasteiger partial charge on any atom is 0.178 e. The van der Waals surface area contributed by atoms with E-state index in [-0.39, 0.29) is 5.75 Å². The van der Waals surface area contributed by atoms with Crippen LogP contribution in [-0.2, 0) is 0 Å². The first-order valence-corrected chi connectivity index (χ1v) is 8.54. The lowest BCUT2D eigenvalue weighted by Crippen LogP contribution is -1.92. The number of phenolic OH excluding ortho intramolecular Hbond substituents is 1. The summed E-state index contributed by atoms with van der Waals surface area (Å²) >= 11 is 0. The van der Waals surface area contributed by atoms with E-state index in [0.29, 0.717) is 22.6 Å². The van der Waals surface area contributed by atoms with Gasteiger partial charge in [0.1, 0.15) is 11.5 Å². The molecule has 0 atom stereocenters. The molecule has 0 amide bonds. The summed E-state index contributed by atoms with van der Waals surface area (Å²) in [7, 11) is 1.57. The third kappa shape index (κ3) is 2.85. The Kier molecular flexibility index (Phi) is 4.16. The van der Waals surface area contributed by atoms with Gasteiger partial charge in [0.25, 0.3) is 0 Å². The molecule has 27 heavy (non-hydrogen) atoms. The minimum absolute atomic E-state index is 0.113. The Balaban J connectivity index is 1.83. The van der Waals surface area contributed by atoms with Gasteiger partial charge in [-0.25, -0.2) is 4.68 Å². The van der Waals surface area contributed by atoms with E-state index in [0.717, 1.165) is 22.5 Å². The Bertz CT molecular complexity index is 1100. The molecule has 0 radical (unpaired) electrons. The maximum absolute atomic E-state index is 10.6. The van der Waals surface area contributed by atoms with Crippen LogP contribution in [0.3, 0.4) is 0 Å². The number of benzene rings is 2. The number of aromatic hydroxyl groups is 1. The Morgan fingerprint density at radius 3 is 2.59 bits per heavy atom. The van der Waals surface area contributed by atoms with Crippen LogP contribution >= 0.6 is 0 Å². The summed E-state index contributed by atoms with van der Waals surface area (Å²) in [5, 5.41) is 19.2. The SMILES string of the molecule is COc1ccc(-c2onc(C)c2-c2cnn(-c3ccccc3)c2)c(O)c1C. The van der Waals surface area contributed by atoms with Crippen molar-refractivity contribution in [3.8, 4) is 39.6 Å². The van der Waals surface area contributed by atoms with E-state index in [2.05, 4.69) is 10.3 Å². The van der Waals surface area contributed by atoms with Crippen LogP contribution in [0.25, 0.3) is 28.1 Å². The summed E-state index contributed by atoms with van der Waals surface area (Å²) in [5.41, 5.74) is 4.57. The van der Waals surface area contributed by atoms with Crippen molar-refractivity contribution in [2.24, 2.45) is 0 Å². The minimum atomic E-state index is 0.113. The van der Waals surface area contributed by atoms with Crippen LogP contribution in [0.2, 0.25) is 0 Å². The Labute approximate surface area is 156 Å². The summed E-state index contributed by atoms with van der Waals surface area (Å²) in [6.07, 6.45) is 3.69. The molecule has 6 heteroatoms. The second kappa shape index (κ2) is 6.64. The van der Waals surface area contributed by atoms with Gasteiger partial charge in [-0.1, -0.05) is 23.4 Å².